The summed E-state index contributed by atoms with van der Waals surface area (Å²) < 4.78 is 24.7. The number of nitrogens with zero attached hydrogens (tertiary/aromatic N) is 1. The number of halogens is 1. The van der Waals surface area contributed by atoms with E-state index in [1.807, 2.05) is 36.4 Å². The Morgan fingerprint density at radius 3 is 2.42 bits per heavy atom. The van der Waals surface area contributed by atoms with Crippen LogP contribution >= 0.6 is 0 Å². The van der Waals surface area contributed by atoms with Gasteiger partial charge in [-0.3, -0.25) is 9.69 Å². The van der Waals surface area contributed by atoms with Crippen LogP contribution in [0.25, 0.3) is 0 Å². The van der Waals surface area contributed by atoms with Crippen molar-refractivity contribution in [2.45, 2.75) is 6.04 Å². The third kappa shape index (κ3) is 5.69. The van der Waals surface area contributed by atoms with E-state index in [-0.39, 0.29) is 17.8 Å². The van der Waals surface area contributed by atoms with Crippen LogP contribution in [0.2, 0.25) is 0 Å². The Hall–Kier alpha value is -3.22. The molecule has 3 aromatic rings. The summed E-state index contributed by atoms with van der Waals surface area (Å²) in [6.45, 7) is 3.22. The second kappa shape index (κ2) is 10.2. The monoisotopic (exact) mass is 420 g/mol. The van der Waals surface area contributed by atoms with Crippen molar-refractivity contribution in [2.75, 3.05) is 32.8 Å². The van der Waals surface area contributed by atoms with E-state index in [1.165, 1.54) is 12.1 Å². The lowest BCUT2D eigenvalue weighted by Crippen LogP contribution is -2.43. The van der Waals surface area contributed by atoms with Gasteiger partial charge in [-0.15, -0.1) is 0 Å². The fourth-order valence-electron chi connectivity index (χ4n) is 3.65. The smallest absolute Gasteiger partial charge is 0.251 e. The molecule has 1 fully saturated rings. The predicted octanol–water partition coefficient (Wildman–Crippen LogP) is 4.42. The Morgan fingerprint density at radius 1 is 0.968 bits per heavy atom. The molecule has 3 aromatic carbocycles. The average Bonchev–Trinajstić information content (AvgIpc) is 2.82. The van der Waals surface area contributed by atoms with Crippen LogP contribution < -0.4 is 10.1 Å². The number of hydrogen-bond acceptors (Lipinski definition) is 4. The van der Waals surface area contributed by atoms with Crippen molar-refractivity contribution < 1.29 is 18.7 Å². The number of morpholine rings is 1. The van der Waals surface area contributed by atoms with Crippen LogP contribution in [0.4, 0.5) is 4.39 Å². The first kappa shape index (κ1) is 21.0. The van der Waals surface area contributed by atoms with E-state index in [9.17, 15) is 9.18 Å². The molecule has 1 amide bonds. The number of carbonyl (C=O) groups is 1. The van der Waals surface area contributed by atoms with Crippen LogP contribution in [-0.4, -0.2) is 43.7 Å². The molecule has 0 saturated carbocycles. The van der Waals surface area contributed by atoms with Gasteiger partial charge >= 0.3 is 0 Å². The van der Waals surface area contributed by atoms with E-state index in [2.05, 4.69) is 10.2 Å². The molecule has 1 aliphatic heterocycles. The van der Waals surface area contributed by atoms with Crippen molar-refractivity contribution in [1.29, 1.82) is 0 Å². The number of nitrogens with one attached hydrogen (secondary N) is 1. The van der Waals surface area contributed by atoms with Gasteiger partial charge in [0.1, 0.15) is 17.3 Å². The van der Waals surface area contributed by atoms with Gasteiger partial charge in [-0.25, -0.2) is 4.39 Å². The zero-order valence-electron chi connectivity index (χ0n) is 17.2. The maximum atomic E-state index is 13.4. The van der Waals surface area contributed by atoms with Gasteiger partial charge in [0.25, 0.3) is 5.91 Å². The number of para-hydroxylation sites is 1. The van der Waals surface area contributed by atoms with Gasteiger partial charge in [-0.2, -0.15) is 0 Å². The molecule has 1 N–H and O–H groups in total. The van der Waals surface area contributed by atoms with E-state index in [0.717, 1.165) is 18.7 Å². The molecule has 31 heavy (non-hydrogen) atoms. The average molecular weight is 420 g/mol. The molecule has 1 saturated heterocycles. The zero-order valence-corrected chi connectivity index (χ0v) is 17.2. The first-order valence-corrected chi connectivity index (χ1v) is 10.4. The van der Waals surface area contributed by atoms with E-state index < -0.39 is 0 Å². The van der Waals surface area contributed by atoms with Crippen molar-refractivity contribution in [3.63, 3.8) is 0 Å². The summed E-state index contributed by atoms with van der Waals surface area (Å²) in [4.78, 5) is 15.1. The number of rotatable bonds is 7. The van der Waals surface area contributed by atoms with E-state index in [1.54, 1.807) is 30.3 Å². The molecule has 5 nitrogen and oxygen atoms in total. The summed E-state index contributed by atoms with van der Waals surface area (Å²) in [5.74, 6) is 0.855. The maximum Gasteiger partial charge on any atom is 0.251 e. The highest BCUT2D eigenvalue weighted by Gasteiger charge is 2.23. The van der Waals surface area contributed by atoms with Gasteiger partial charge in [0.15, 0.2) is 0 Å². The topological polar surface area (TPSA) is 50.8 Å². The lowest BCUT2D eigenvalue weighted by Gasteiger charge is -2.35. The molecular formula is C25H25FN2O3. The van der Waals surface area contributed by atoms with Crippen molar-refractivity contribution in [1.82, 2.24) is 10.2 Å². The minimum absolute atomic E-state index is 0.0581. The lowest BCUT2D eigenvalue weighted by atomic mass is 10.0. The molecule has 0 bridgehead atoms. The van der Waals surface area contributed by atoms with Crippen molar-refractivity contribution in [2.24, 2.45) is 0 Å². The molecule has 0 aliphatic carbocycles. The Bertz CT molecular complexity index is 989. The van der Waals surface area contributed by atoms with Crippen LogP contribution in [0.1, 0.15) is 22.0 Å². The van der Waals surface area contributed by atoms with Crippen LogP contribution in [0.3, 0.4) is 0 Å². The quantitative estimate of drug-likeness (QED) is 0.615. The zero-order chi connectivity index (χ0) is 21.5. The molecule has 6 heteroatoms. The first-order valence-electron chi connectivity index (χ1n) is 10.4. The largest absolute Gasteiger partial charge is 0.457 e. The highest BCUT2D eigenvalue weighted by atomic mass is 19.1. The fourth-order valence-corrected chi connectivity index (χ4v) is 3.65. The van der Waals surface area contributed by atoms with Gasteiger partial charge in [-0.05, 0) is 48.0 Å². The van der Waals surface area contributed by atoms with Gasteiger partial charge in [0, 0.05) is 25.2 Å². The van der Waals surface area contributed by atoms with Crippen molar-refractivity contribution in [3.8, 4) is 11.5 Å². The minimum atomic E-state index is -0.274. The Balaban J connectivity index is 1.45. The molecule has 0 radical (unpaired) electrons. The summed E-state index contributed by atoms with van der Waals surface area (Å²) in [6.07, 6.45) is 0. The number of ether oxygens (including phenoxy) is 2. The molecule has 4 rings (SSSR count). The maximum absolute atomic E-state index is 13.4. The second-order valence-electron chi connectivity index (χ2n) is 7.37. The molecule has 0 aromatic heterocycles. The SMILES string of the molecule is O=C(NCC(c1ccc(F)cc1)N1CCOCC1)c1cccc(Oc2ccccc2)c1. The predicted molar refractivity (Wildman–Crippen MR) is 117 cm³/mol. The molecule has 1 heterocycles. The Labute approximate surface area is 181 Å². The third-order valence-corrected chi connectivity index (χ3v) is 5.27. The third-order valence-electron chi connectivity index (χ3n) is 5.27. The highest BCUT2D eigenvalue weighted by Crippen LogP contribution is 2.23. The number of amides is 1. The van der Waals surface area contributed by atoms with Gasteiger partial charge < -0.3 is 14.8 Å². The molecular weight excluding hydrogens is 395 g/mol. The van der Waals surface area contributed by atoms with Crippen molar-refractivity contribution in [3.05, 3.63) is 95.8 Å². The highest BCUT2D eigenvalue weighted by molar-refractivity contribution is 5.94. The molecule has 160 valence electrons. The number of benzene rings is 3. The molecule has 0 spiro atoms. The molecule has 1 unspecified atom stereocenters. The minimum Gasteiger partial charge on any atom is -0.457 e. The van der Waals surface area contributed by atoms with Gasteiger partial charge in [0.05, 0.1) is 19.3 Å². The van der Waals surface area contributed by atoms with Crippen molar-refractivity contribution >= 4 is 5.91 Å². The van der Waals surface area contributed by atoms with Crippen LogP contribution in [0, 0.1) is 5.82 Å². The fraction of sp³-hybridized carbons (Fsp3) is 0.240. The summed E-state index contributed by atoms with van der Waals surface area (Å²) in [5, 5.41) is 3.03. The van der Waals surface area contributed by atoms with Crippen LogP contribution in [0.5, 0.6) is 11.5 Å². The van der Waals surface area contributed by atoms with E-state index >= 15 is 0 Å². The molecule has 1 atom stereocenters. The number of hydrogen-bond donors (Lipinski definition) is 1. The summed E-state index contributed by atoms with van der Waals surface area (Å²) >= 11 is 0. The number of carbonyl (C=O) groups excluding carboxylic acids is 1. The van der Waals surface area contributed by atoms with Crippen LogP contribution in [0.15, 0.2) is 78.9 Å². The van der Waals surface area contributed by atoms with E-state index in [0.29, 0.717) is 36.8 Å². The van der Waals surface area contributed by atoms with Crippen LogP contribution in [-0.2, 0) is 4.74 Å². The first-order chi connectivity index (χ1) is 15.2. The summed E-state index contributed by atoms with van der Waals surface area (Å²) in [5.41, 5.74) is 1.48. The summed E-state index contributed by atoms with van der Waals surface area (Å²) in [7, 11) is 0. The summed E-state index contributed by atoms with van der Waals surface area (Å²) in [6, 6.07) is 22.9. The normalized spacial score (nSPS) is 15.3. The lowest BCUT2D eigenvalue weighted by molar-refractivity contribution is 0.0162. The van der Waals surface area contributed by atoms with Gasteiger partial charge in [0.2, 0.25) is 0 Å². The second-order valence-corrected chi connectivity index (χ2v) is 7.37. The Kier molecular flexibility index (Phi) is 6.92. The standard InChI is InChI=1S/C25H25FN2O3/c26-21-11-9-19(10-12-21)24(28-13-15-30-16-14-28)18-27-25(29)20-5-4-8-23(17-20)31-22-6-2-1-3-7-22/h1-12,17,24H,13-16,18H2,(H,27,29). The Morgan fingerprint density at radius 2 is 1.68 bits per heavy atom. The van der Waals surface area contributed by atoms with E-state index in [4.69, 9.17) is 9.47 Å². The molecule has 1 aliphatic rings. The van der Waals surface area contributed by atoms with Gasteiger partial charge in [-0.1, -0.05) is 36.4 Å².